The van der Waals surface area contributed by atoms with E-state index in [1.54, 1.807) is 6.07 Å². The predicted octanol–water partition coefficient (Wildman–Crippen LogP) is 2.70. The van der Waals surface area contributed by atoms with Crippen LogP contribution in [0.1, 0.15) is 18.4 Å². The van der Waals surface area contributed by atoms with Crippen molar-refractivity contribution in [3.8, 4) is 0 Å². The van der Waals surface area contributed by atoms with Crippen LogP contribution in [-0.2, 0) is 0 Å². The summed E-state index contributed by atoms with van der Waals surface area (Å²) in [6.45, 7) is 3.93. The zero-order valence-corrected chi connectivity index (χ0v) is 11.0. The number of anilines is 1. The van der Waals surface area contributed by atoms with Crippen LogP contribution in [0.2, 0.25) is 0 Å². The molecule has 1 aliphatic carbocycles. The smallest absolute Gasteiger partial charge is 0.287 e. The van der Waals surface area contributed by atoms with Crippen LogP contribution in [0.3, 0.4) is 0 Å². The molecule has 5 nitrogen and oxygen atoms in total. The van der Waals surface area contributed by atoms with Gasteiger partial charge in [0, 0.05) is 19.2 Å². The number of pyridine rings is 1. The van der Waals surface area contributed by atoms with E-state index in [2.05, 4.69) is 22.0 Å². The molecular formula is C14H17N3O2. The molecule has 1 fully saturated rings. The fourth-order valence-corrected chi connectivity index (χ4v) is 3.17. The highest BCUT2D eigenvalue weighted by molar-refractivity contribution is 5.51. The minimum atomic E-state index is -0.391. The highest BCUT2D eigenvalue weighted by atomic mass is 16.6. The van der Waals surface area contributed by atoms with Crippen molar-refractivity contribution in [2.45, 2.75) is 19.8 Å². The first-order chi connectivity index (χ1) is 9.15. The SMILES string of the molecule is Cc1cc([N+](=O)[O-])cnc1N1CC2CC=CCC2C1. The maximum atomic E-state index is 10.7. The molecule has 2 unspecified atom stereocenters. The molecule has 1 aliphatic heterocycles. The fourth-order valence-electron chi connectivity index (χ4n) is 3.17. The summed E-state index contributed by atoms with van der Waals surface area (Å²) in [7, 11) is 0. The molecule has 2 atom stereocenters. The number of nitrogens with zero attached hydrogens (tertiary/aromatic N) is 3. The molecule has 1 saturated heterocycles. The lowest BCUT2D eigenvalue weighted by molar-refractivity contribution is -0.385. The molecular weight excluding hydrogens is 242 g/mol. The Morgan fingerprint density at radius 2 is 1.95 bits per heavy atom. The number of nitro groups is 1. The minimum absolute atomic E-state index is 0.0690. The third-order valence-corrected chi connectivity index (χ3v) is 4.17. The van der Waals surface area contributed by atoms with Crippen LogP contribution < -0.4 is 4.90 Å². The Bertz CT molecular complexity index is 525. The van der Waals surface area contributed by atoms with Crippen molar-refractivity contribution < 1.29 is 4.92 Å². The first kappa shape index (κ1) is 12.1. The molecule has 0 amide bonds. The predicted molar refractivity (Wildman–Crippen MR) is 73.2 cm³/mol. The molecule has 1 aromatic heterocycles. The summed E-state index contributed by atoms with van der Waals surface area (Å²) in [5.74, 6) is 2.32. The highest BCUT2D eigenvalue weighted by Crippen LogP contribution is 2.36. The van der Waals surface area contributed by atoms with Crippen LogP contribution in [0.4, 0.5) is 11.5 Å². The van der Waals surface area contributed by atoms with Crippen LogP contribution in [0.15, 0.2) is 24.4 Å². The van der Waals surface area contributed by atoms with Gasteiger partial charge < -0.3 is 4.90 Å². The first-order valence-corrected chi connectivity index (χ1v) is 6.66. The van der Waals surface area contributed by atoms with Gasteiger partial charge in [-0.3, -0.25) is 10.1 Å². The lowest BCUT2D eigenvalue weighted by Gasteiger charge is -2.19. The topological polar surface area (TPSA) is 59.3 Å². The number of aryl methyl sites for hydroxylation is 1. The van der Waals surface area contributed by atoms with Gasteiger partial charge in [-0.1, -0.05) is 12.2 Å². The van der Waals surface area contributed by atoms with Crippen LogP contribution in [0.5, 0.6) is 0 Å². The molecule has 1 aromatic rings. The van der Waals surface area contributed by atoms with Crippen molar-refractivity contribution in [1.82, 2.24) is 4.98 Å². The van der Waals surface area contributed by atoms with Gasteiger partial charge in [-0.05, 0) is 37.2 Å². The van der Waals surface area contributed by atoms with E-state index in [4.69, 9.17) is 0 Å². The van der Waals surface area contributed by atoms with E-state index in [9.17, 15) is 10.1 Å². The Kier molecular flexibility index (Phi) is 2.97. The molecule has 5 heteroatoms. The van der Waals surface area contributed by atoms with Gasteiger partial charge in [0.2, 0.25) is 0 Å². The maximum Gasteiger partial charge on any atom is 0.287 e. The number of hydrogen-bond acceptors (Lipinski definition) is 4. The monoisotopic (exact) mass is 259 g/mol. The summed E-state index contributed by atoms with van der Waals surface area (Å²) in [4.78, 5) is 16.9. The molecule has 100 valence electrons. The molecule has 2 aliphatic rings. The summed E-state index contributed by atoms with van der Waals surface area (Å²) in [5.41, 5.74) is 0.959. The normalized spacial score (nSPS) is 25.4. The van der Waals surface area contributed by atoms with Crippen molar-refractivity contribution in [2.24, 2.45) is 11.8 Å². The second-order valence-corrected chi connectivity index (χ2v) is 5.46. The minimum Gasteiger partial charge on any atom is -0.356 e. The van der Waals surface area contributed by atoms with Crippen molar-refractivity contribution in [1.29, 1.82) is 0 Å². The maximum absolute atomic E-state index is 10.7. The number of fused-ring (bicyclic) bond motifs is 1. The van der Waals surface area contributed by atoms with Gasteiger partial charge in [0.25, 0.3) is 5.69 Å². The molecule has 0 spiro atoms. The van der Waals surface area contributed by atoms with Crippen molar-refractivity contribution in [2.75, 3.05) is 18.0 Å². The molecule has 19 heavy (non-hydrogen) atoms. The zero-order chi connectivity index (χ0) is 13.4. The third kappa shape index (κ3) is 2.20. The van der Waals surface area contributed by atoms with Gasteiger partial charge in [0.05, 0.1) is 4.92 Å². The van der Waals surface area contributed by atoms with E-state index in [-0.39, 0.29) is 5.69 Å². The number of rotatable bonds is 2. The third-order valence-electron chi connectivity index (χ3n) is 4.17. The van der Waals surface area contributed by atoms with Gasteiger partial charge in [-0.2, -0.15) is 0 Å². The first-order valence-electron chi connectivity index (χ1n) is 6.66. The average Bonchev–Trinajstić information content (AvgIpc) is 2.81. The lowest BCUT2D eigenvalue weighted by atomic mass is 9.86. The van der Waals surface area contributed by atoms with Crippen molar-refractivity contribution in [3.63, 3.8) is 0 Å². The molecule has 0 saturated carbocycles. The largest absolute Gasteiger partial charge is 0.356 e. The molecule has 0 N–H and O–H groups in total. The second kappa shape index (κ2) is 4.64. The Labute approximate surface area is 112 Å². The molecule has 2 heterocycles. The zero-order valence-electron chi connectivity index (χ0n) is 11.0. The van der Waals surface area contributed by atoms with Gasteiger partial charge in [-0.15, -0.1) is 0 Å². The summed E-state index contributed by atoms with van der Waals surface area (Å²) < 4.78 is 0. The van der Waals surface area contributed by atoms with Gasteiger partial charge in [-0.25, -0.2) is 4.98 Å². The quantitative estimate of drug-likeness (QED) is 0.465. The number of allylic oxidation sites excluding steroid dienone is 2. The Morgan fingerprint density at radius 3 is 2.47 bits per heavy atom. The van der Waals surface area contributed by atoms with E-state index in [1.165, 1.54) is 6.20 Å². The Balaban J connectivity index is 1.82. The molecule has 0 bridgehead atoms. The van der Waals surface area contributed by atoms with E-state index >= 15 is 0 Å². The number of hydrogen-bond donors (Lipinski definition) is 0. The van der Waals surface area contributed by atoms with Gasteiger partial charge in [0.15, 0.2) is 0 Å². The van der Waals surface area contributed by atoms with E-state index in [0.29, 0.717) is 11.8 Å². The standard InChI is InChI=1S/C14H17N3O2/c1-10-6-13(17(18)19)7-15-14(10)16-8-11-4-2-3-5-12(11)9-16/h2-3,6-7,11-12H,4-5,8-9H2,1H3. The fraction of sp³-hybridized carbons (Fsp3) is 0.500. The van der Waals surface area contributed by atoms with Crippen LogP contribution in [0, 0.1) is 28.9 Å². The molecule has 3 rings (SSSR count). The second-order valence-electron chi connectivity index (χ2n) is 5.46. The summed E-state index contributed by atoms with van der Waals surface area (Å²) in [6.07, 6.45) is 8.19. The van der Waals surface area contributed by atoms with E-state index in [1.807, 2.05) is 6.92 Å². The summed E-state index contributed by atoms with van der Waals surface area (Å²) >= 11 is 0. The Hall–Kier alpha value is -1.91. The van der Waals surface area contributed by atoms with Crippen LogP contribution >= 0.6 is 0 Å². The van der Waals surface area contributed by atoms with Gasteiger partial charge in [0.1, 0.15) is 12.0 Å². The van der Waals surface area contributed by atoms with Crippen LogP contribution in [-0.4, -0.2) is 23.0 Å². The molecule has 0 aromatic carbocycles. The average molecular weight is 259 g/mol. The summed E-state index contributed by atoms with van der Waals surface area (Å²) in [6, 6.07) is 1.61. The van der Waals surface area contributed by atoms with Crippen LogP contribution in [0.25, 0.3) is 0 Å². The van der Waals surface area contributed by atoms with E-state index < -0.39 is 4.92 Å². The summed E-state index contributed by atoms with van der Waals surface area (Å²) in [5, 5.41) is 10.7. The van der Waals surface area contributed by atoms with Crippen molar-refractivity contribution in [3.05, 3.63) is 40.1 Å². The van der Waals surface area contributed by atoms with Gasteiger partial charge >= 0.3 is 0 Å². The molecule has 0 radical (unpaired) electrons. The number of aromatic nitrogens is 1. The highest BCUT2D eigenvalue weighted by Gasteiger charge is 2.34. The van der Waals surface area contributed by atoms with Crippen molar-refractivity contribution >= 4 is 11.5 Å². The lowest BCUT2D eigenvalue weighted by Crippen LogP contribution is -2.22. The Morgan fingerprint density at radius 1 is 1.32 bits per heavy atom. The van der Waals surface area contributed by atoms with E-state index in [0.717, 1.165) is 37.3 Å².